The third kappa shape index (κ3) is 3.59. The number of hydrogen-bond donors (Lipinski definition) is 0. The van der Waals surface area contributed by atoms with Crippen LogP contribution in [-0.2, 0) is 14.3 Å². The lowest BCUT2D eigenvalue weighted by atomic mass is 9.81. The molecule has 3 atom stereocenters. The molecular formula is C18H24N2O4S. The lowest BCUT2D eigenvalue weighted by molar-refractivity contribution is -0.138. The third-order valence-corrected chi connectivity index (χ3v) is 6.30. The first-order valence-corrected chi connectivity index (χ1v) is 9.91. The van der Waals surface area contributed by atoms with Crippen molar-refractivity contribution in [1.82, 2.24) is 9.80 Å². The van der Waals surface area contributed by atoms with Gasteiger partial charge in [0, 0.05) is 43.9 Å². The predicted octanol–water partition coefficient (Wildman–Crippen LogP) is 1.33. The number of carbonyl (C=O) groups excluding carboxylic acids is 2. The highest BCUT2D eigenvalue weighted by molar-refractivity contribution is 7.08. The minimum Gasteiger partial charge on any atom is -0.381 e. The molecule has 3 fully saturated rings. The van der Waals surface area contributed by atoms with Gasteiger partial charge in [0.15, 0.2) is 0 Å². The Labute approximate surface area is 151 Å². The van der Waals surface area contributed by atoms with E-state index in [0.717, 1.165) is 18.7 Å². The van der Waals surface area contributed by atoms with Gasteiger partial charge in [0.2, 0.25) is 5.91 Å². The average Bonchev–Trinajstić information content (AvgIpc) is 3.32. The molecule has 1 aromatic rings. The van der Waals surface area contributed by atoms with Crippen molar-refractivity contribution < 1.29 is 19.1 Å². The van der Waals surface area contributed by atoms with Crippen LogP contribution >= 0.6 is 11.3 Å². The first kappa shape index (κ1) is 17.0. The Morgan fingerprint density at radius 1 is 1.12 bits per heavy atom. The van der Waals surface area contributed by atoms with E-state index in [2.05, 4.69) is 0 Å². The first-order chi connectivity index (χ1) is 12.2. The van der Waals surface area contributed by atoms with E-state index in [4.69, 9.17) is 9.47 Å². The number of nitrogens with zero attached hydrogens (tertiary/aromatic N) is 2. The van der Waals surface area contributed by atoms with Crippen molar-refractivity contribution in [3.63, 3.8) is 0 Å². The Morgan fingerprint density at radius 3 is 2.72 bits per heavy atom. The molecule has 1 aromatic heterocycles. The number of ether oxygens (including phenoxy) is 2. The number of carbonyl (C=O) groups is 2. The van der Waals surface area contributed by atoms with Crippen molar-refractivity contribution in [3.8, 4) is 0 Å². The Morgan fingerprint density at radius 2 is 1.96 bits per heavy atom. The monoisotopic (exact) mass is 364 g/mol. The van der Waals surface area contributed by atoms with E-state index < -0.39 is 0 Å². The maximum absolute atomic E-state index is 12.6. The molecule has 0 saturated carbocycles. The van der Waals surface area contributed by atoms with E-state index >= 15 is 0 Å². The van der Waals surface area contributed by atoms with Crippen LogP contribution in [0.25, 0.3) is 0 Å². The van der Waals surface area contributed by atoms with Gasteiger partial charge >= 0.3 is 0 Å². The Bertz CT molecular complexity index is 615. The second-order valence-electron chi connectivity index (χ2n) is 7.14. The molecule has 136 valence electrons. The van der Waals surface area contributed by atoms with Crippen molar-refractivity contribution in [2.24, 2.45) is 17.8 Å². The van der Waals surface area contributed by atoms with Crippen molar-refractivity contribution >= 4 is 23.2 Å². The minimum atomic E-state index is 0.105. The van der Waals surface area contributed by atoms with Gasteiger partial charge in [-0.05, 0) is 23.3 Å². The molecule has 2 amide bonds. The number of hydrogen-bond acceptors (Lipinski definition) is 5. The summed E-state index contributed by atoms with van der Waals surface area (Å²) in [6.45, 7) is 5.42. The van der Waals surface area contributed by atoms with Crippen LogP contribution in [-0.4, -0.2) is 74.2 Å². The zero-order chi connectivity index (χ0) is 17.2. The van der Waals surface area contributed by atoms with Crippen LogP contribution in [0.3, 0.4) is 0 Å². The molecule has 7 heteroatoms. The summed E-state index contributed by atoms with van der Waals surface area (Å²) in [6, 6.07) is 1.88. The highest BCUT2D eigenvalue weighted by Gasteiger charge is 2.43. The minimum absolute atomic E-state index is 0.105. The lowest BCUT2D eigenvalue weighted by Crippen LogP contribution is -2.44. The van der Waals surface area contributed by atoms with Gasteiger partial charge in [0.1, 0.15) is 0 Å². The van der Waals surface area contributed by atoms with E-state index in [0.29, 0.717) is 57.8 Å². The Hall–Kier alpha value is -1.44. The summed E-state index contributed by atoms with van der Waals surface area (Å²) in [5, 5.41) is 3.84. The molecule has 0 aromatic carbocycles. The molecule has 4 rings (SSSR count). The second kappa shape index (κ2) is 7.43. The van der Waals surface area contributed by atoms with Gasteiger partial charge in [0.25, 0.3) is 5.91 Å². The van der Waals surface area contributed by atoms with Crippen LogP contribution in [0, 0.1) is 17.8 Å². The van der Waals surface area contributed by atoms with Gasteiger partial charge in [-0.15, -0.1) is 0 Å². The summed E-state index contributed by atoms with van der Waals surface area (Å²) in [5.74, 6) is 1.21. The summed E-state index contributed by atoms with van der Waals surface area (Å²) in [4.78, 5) is 29.1. The molecular weight excluding hydrogens is 340 g/mol. The maximum atomic E-state index is 12.6. The van der Waals surface area contributed by atoms with Crippen molar-refractivity contribution in [2.45, 2.75) is 6.42 Å². The molecule has 3 aliphatic heterocycles. The molecule has 3 aliphatic rings. The Kier molecular flexibility index (Phi) is 5.05. The zero-order valence-electron chi connectivity index (χ0n) is 14.3. The fourth-order valence-corrected chi connectivity index (χ4v) is 4.84. The maximum Gasteiger partial charge on any atom is 0.254 e. The molecule has 4 heterocycles. The normalized spacial score (nSPS) is 29.5. The van der Waals surface area contributed by atoms with Gasteiger partial charge in [0.05, 0.1) is 32.0 Å². The number of amides is 2. The van der Waals surface area contributed by atoms with Crippen LogP contribution in [0.5, 0.6) is 0 Å². The SMILES string of the molecule is O=C(C[C@@H]1COC[C@H]2CN(C(=O)c3ccsc3)C[C@@H]12)N1CCOCC1. The van der Waals surface area contributed by atoms with Gasteiger partial charge in [-0.3, -0.25) is 9.59 Å². The molecule has 0 aliphatic carbocycles. The van der Waals surface area contributed by atoms with Crippen LogP contribution < -0.4 is 0 Å². The van der Waals surface area contributed by atoms with Crippen molar-refractivity contribution in [2.75, 3.05) is 52.6 Å². The van der Waals surface area contributed by atoms with Crippen molar-refractivity contribution in [3.05, 3.63) is 22.4 Å². The summed E-state index contributed by atoms with van der Waals surface area (Å²) in [6.07, 6.45) is 0.516. The molecule has 3 saturated heterocycles. The number of fused-ring (bicyclic) bond motifs is 1. The van der Waals surface area contributed by atoms with E-state index in [-0.39, 0.29) is 17.7 Å². The number of thiophene rings is 1. The standard InChI is InChI=1S/C18H24N2O4S/c21-17(19-2-4-23-5-3-19)7-14-10-24-11-15-8-20(9-16(14)15)18(22)13-1-6-25-12-13/h1,6,12,14-16H,2-5,7-11H2/t14-,15-,16+/m1/s1. The first-order valence-electron chi connectivity index (χ1n) is 8.97. The van der Waals surface area contributed by atoms with Gasteiger partial charge in [-0.25, -0.2) is 0 Å². The summed E-state index contributed by atoms with van der Waals surface area (Å²) in [5.41, 5.74) is 0.769. The molecule has 25 heavy (non-hydrogen) atoms. The fraction of sp³-hybridized carbons (Fsp3) is 0.667. The quantitative estimate of drug-likeness (QED) is 0.812. The summed E-state index contributed by atoms with van der Waals surface area (Å²) in [7, 11) is 0. The Balaban J connectivity index is 1.39. The fourth-order valence-electron chi connectivity index (χ4n) is 4.21. The van der Waals surface area contributed by atoms with E-state index in [1.165, 1.54) is 0 Å². The highest BCUT2D eigenvalue weighted by Crippen LogP contribution is 2.36. The zero-order valence-corrected chi connectivity index (χ0v) is 15.1. The topological polar surface area (TPSA) is 59.1 Å². The largest absolute Gasteiger partial charge is 0.381 e. The van der Waals surface area contributed by atoms with Gasteiger partial charge in [-0.2, -0.15) is 11.3 Å². The van der Waals surface area contributed by atoms with Crippen LogP contribution in [0.15, 0.2) is 16.8 Å². The predicted molar refractivity (Wildman–Crippen MR) is 93.5 cm³/mol. The average molecular weight is 364 g/mol. The lowest BCUT2D eigenvalue weighted by Gasteiger charge is -2.34. The van der Waals surface area contributed by atoms with Crippen LogP contribution in [0.2, 0.25) is 0 Å². The number of likely N-dealkylation sites (tertiary alicyclic amines) is 1. The summed E-state index contributed by atoms with van der Waals surface area (Å²) >= 11 is 1.54. The summed E-state index contributed by atoms with van der Waals surface area (Å²) < 4.78 is 11.1. The van der Waals surface area contributed by atoms with E-state index in [9.17, 15) is 9.59 Å². The smallest absolute Gasteiger partial charge is 0.254 e. The molecule has 0 radical (unpaired) electrons. The van der Waals surface area contributed by atoms with E-state index in [1.807, 2.05) is 26.6 Å². The van der Waals surface area contributed by atoms with Gasteiger partial charge in [-0.1, -0.05) is 0 Å². The van der Waals surface area contributed by atoms with Crippen LogP contribution in [0.1, 0.15) is 16.8 Å². The van der Waals surface area contributed by atoms with Crippen molar-refractivity contribution in [1.29, 1.82) is 0 Å². The van der Waals surface area contributed by atoms with E-state index in [1.54, 1.807) is 11.3 Å². The number of rotatable bonds is 3. The second-order valence-corrected chi connectivity index (χ2v) is 7.92. The van der Waals surface area contributed by atoms with Crippen LogP contribution in [0.4, 0.5) is 0 Å². The molecule has 6 nitrogen and oxygen atoms in total. The molecule has 0 N–H and O–H groups in total. The molecule has 0 unspecified atom stereocenters. The molecule has 0 bridgehead atoms. The van der Waals surface area contributed by atoms with Gasteiger partial charge < -0.3 is 19.3 Å². The third-order valence-electron chi connectivity index (χ3n) is 5.62. The molecule has 0 spiro atoms. The highest BCUT2D eigenvalue weighted by atomic mass is 32.1. The number of morpholine rings is 1.